The van der Waals surface area contributed by atoms with Gasteiger partial charge in [-0.2, -0.15) is 0 Å². The third-order valence-electron chi connectivity index (χ3n) is 9.29. The van der Waals surface area contributed by atoms with Crippen LogP contribution in [0.25, 0.3) is 33.5 Å². The van der Waals surface area contributed by atoms with E-state index in [9.17, 15) is 34.5 Å². The zero-order chi connectivity index (χ0) is 30.2. The molecule has 7 rings (SSSR count). The number of hydrogen-bond acceptors (Lipinski definition) is 11. The maximum absolute atomic E-state index is 14.1. The van der Waals surface area contributed by atoms with Gasteiger partial charge < -0.3 is 33.9 Å². The molecule has 0 spiro atoms. The van der Waals surface area contributed by atoms with E-state index in [1.807, 2.05) is 0 Å². The van der Waals surface area contributed by atoms with Crippen molar-refractivity contribution < 1.29 is 33.9 Å². The molecule has 1 saturated heterocycles. The highest BCUT2D eigenvalue weighted by Crippen LogP contribution is 2.44. The van der Waals surface area contributed by atoms with Gasteiger partial charge in [0.15, 0.2) is 27.6 Å². The minimum atomic E-state index is -2.05. The molecule has 1 aromatic carbocycles. The Balaban J connectivity index is 1.74. The van der Waals surface area contributed by atoms with Crippen LogP contribution in [-0.2, 0) is 15.9 Å². The highest BCUT2D eigenvalue weighted by Gasteiger charge is 2.55. The van der Waals surface area contributed by atoms with Crippen LogP contribution in [0.2, 0.25) is 0 Å². The second kappa shape index (κ2) is 8.50. The monoisotopic (exact) mass is 576 g/mol. The number of furan rings is 1. The van der Waals surface area contributed by atoms with Gasteiger partial charge in [-0.1, -0.05) is 0 Å². The molecule has 5 aliphatic rings. The highest BCUT2D eigenvalue weighted by molar-refractivity contribution is 6.08. The third kappa shape index (κ3) is 3.05. The van der Waals surface area contributed by atoms with Crippen LogP contribution in [0, 0.1) is 16.4 Å². The molecule has 1 unspecified atom stereocenters. The maximum atomic E-state index is 14.1. The van der Waals surface area contributed by atoms with Crippen molar-refractivity contribution in [2.75, 3.05) is 7.11 Å². The average molecular weight is 577 g/mol. The van der Waals surface area contributed by atoms with Crippen molar-refractivity contribution >= 4 is 33.5 Å². The summed E-state index contributed by atoms with van der Waals surface area (Å²) in [7, 11) is 1.31. The summed E-state index contributed by atoms with van der Waals surface area (Å²) < 4.78 is 23.1. The van der Waals surface area contributed by atoms with Crippen LogP contribution in [0.5, 0.6) is 5.75 Å². The van der Waals surface area contributed by atoms with Crippen LogP contribution >= 0.6 is 0 Å². The molecule has 1 aromatic heterocycles. The van der Waals surface area contributed by atoms with Gasteiger partial charge in [-0.25, -0.2) is 0 Å². The number of aliphatic hydroxyl groups is 3. The van der Waals surface area contributed by atoms with Crippen molar-refractivity contribution in [3.8, 4) is 5.75 Å². The Kier molecular flexibility index (Phi) is 5.42. The SMILES string of the molecule is COc1cc2c(c3oc4c(=O)c5c(=O)c6c(c(=O)c=5c(=O)c4c13)[C@@H](C)O[C@@H](C)C6)=C(O)[C@@]1(O)C(C[C@H](C)O[C@@H]1C)C=2O. The van der Waals surface area contributed by atoms with E-state index in [1.165, 1.54) is 13.2 Å². The molecule has 3 N–H and O–H groups in total. The number of rotatable bonds is 1. The first-order valence-electron chi connectivity index (χ1n) is 13.8. The summed E-state index contributed by atoms with van der Waals surface area (Å²) in [5, 5.41) is 33.2. The summed E-state index contributed by atoms with van der Waals surface area (Å²) in [6, 6.07) is 1.39. The lowest BCUT2D eigenvalue weighted by Crippen LogP contribution is -2.61. The van der Waals surface area contributed by atoms with Crippen molar-refractivity contribution in [1.29, 1.82) is 0 Å². The Labute approximate surface area is 235 Å². The summed E-state index contributed by atoms with van der Waals surface area (Å²) in [5.41, 5.74) is -5.91. The number of hydrogen-bond donors (Lipinski definition) is 3. The van der Waals surface area contributed by atoms with Crippen molar-refractivity contribution in [1.82, 2.24) is 0 Å². The van der Waals surface area contributed by atoms with Gasteiger partial charge in [0.05, 0.1) is 63.9 Å². The molecule has 2 aliphatic heterocycles. The first-order valence-corrected chi connectivity index (χ1v) is 13.8. The van der Waals surface area contributed by atoms with E-state index in [-0.39, 0.29) is 74.5 Å². The summed E-state index contributed by atoms with van der Waals surface area (Å²) in [6.45, 7) is 6.71. The molecule has 0 bridgehead atoms. The van der Waals surface area contributed by atoms with E-state index in [1.54, 1.807) is 27.7 Å². The molecule has 11 nitrogen and oxygen atoms in total. The van der Waals surface area contributed by atoms with Gasteiger partial charge in [-0.15, -0.1) is 0 Å². The molecule has 1 fully saturated rings. The fraction of sp³-hybridized carbons (Fsp3) is 0.419. The average Bonchev–Trinajstić information content (AvgIpc) is 3.34. The van der Waals surface area contributed by atoms with Crippen LogP contribution in [-0.4, -0.2) is 46.3 Å². The van der Waals surface area contributed by atoms with Gasteiger partial charge in [-0.05, 0) is 40.2 Å². The van der Waals surface area contributed by atoms with Gasteiger partial charge in [0.2, 0.25) is 10.9 Å². The lowest BCUT2D eigenvalue weighted by Gasteiger charge is -2.47. The van der Waals surface area contributed by atoms with Crippen molar-refractivity contribution in [3.05, 3.63) is 79.0 Å². The van der Waals surface area contributed by atoms with Gasteiger partial charge in [0.25, 0.3) is 0 Å². The molecular weight excluding hydrogens is 548 g/mol. The van der Waals surface area contributed by atoms with Crippen LogP contribution in [0.3, 0.4) is 0 Å². The standard InChI is InChI=1S/C31H28O11/c1-9-6-13-17(11(3)40-9)25(34)21-20(24(13)33)27(36)29-22(26(21)35)19-16(39-5)8-14-18(28(19)42-29)30(37)31(38)12(4)41-10(2)7-15(31)23(14)32/h8-12,15,32,37-38H,6-7H2,1-5H3/t9-,10-,11+,12+,15?,31-/m0/s1. The minimum absolute atomic E-state index is 0.0228. The number of aliphatic hydroxyl groups excluding tert-OH is 2. The lowest BCUT2D eigenvalue weighted by molar-refractivity contribution is -0.166. The van der Waals surface area contributed by atoms with Crippen LogP contribution in [0.1, 0.15) is 51.3 Å². The third-order valence-corrected chi connectivity index (χ3v) is 9.29. The molecule has 0 radical (unpaired) electrons. The zero-order valence-electron chi connectivity index (χ0n) is 23.5. The zero-order valence-corrected chi connectivity index (χ0v) is 23.5. The summed E-state index contributed by atoms with van der Waals surface area (Å²) in [4.78, 5) is 55.3. The predicted octanol–water partition coefficient (Wildman–Crippen LogP) is 0.549. The van der Waals surface area contributed by atoms with E-state index >= 15 is 0 Å². The number of ether oxygens (including phenoxy) is 3. The van der Waals surface area contributed by atoms with E-state index in [2.05, 4.69) is 0 Å². The van der Waals surface area contributed by atoms with E-state index in [4.69, 9.17) is 18.6 Å². The van der Waals surface area contributed by atoms with E-state index < -0.39 is 67.2 Å². The molecule has 218 valence electrons. The Morgan fingerprint density at radius 2 is 1.55 bits per heavy atom. The Bertz CT molecular complexity index is 2290. The van der Waals surface area contributed by atoms with Crippen LogP contribution < -0.4 is 36.9 Å². The Morgan fingerprint density at radius 3 is 2.24 bits per heavy atom. The maximum Gasteiger partial charge on any atom is 0.233 e. The summed E-state index contributed by atoms with van der Waals surface area (Å²) in [5.74, 6) is -1.72. The van der Waals surface area contributed by atoms with Crippen molar-refractivity contribution in [2.45, 2.75) is 70.6 Å². The van der Waals surface area contributed by atoms with E-state index in [0.717, 1.165) is 0 Å². The number of methoxy groups -OCH3 is 1. The highest BCUT2D eigenvalue weighted by atomic mass is 16.5. The lowest BCUT2D eigenvalue weighted by atomic mass is 9.71. The van der Waals surface area contributed by atoms with Crippen LogP contribution in [0.15, 0.2) is 29.7 Å². The molecular formula is C31H28O11. The van der Waals surface area contributed by atoms with Gasteiger partial charge >= 0.3 is 0 Å². The first-order chi connectivity index (χ1) is 19.8. The topological polar surface area (TPSA) is 170 Å². The minimum Gasteiger partial charge on any atom is -0.511 e. The smallest absolute Gasteiger partial charge is 0.233 e. The second-order valence-corrected chi connectivity index (χ2v) is 11.7. The normalized spacial score (nSPS) is 29.1. The van der Waals surface area contributed by atoms with Crippen molar-refractivity contribution in [2.24, 2.45) is 5.92 Å². The fourth-order valence-corrected chi connectivity index (χ4v) is 7.41. The predicted molar refractivity (Wildman–Crippen MR) is 150 cm³/mol. The molecule has 3 aliphatic carbocycles. The molecule has 42 heavy (non-hydrogen) atoms. The second-order valence-electron chi connectivity index (χ2n) is 11.7. The molecule has 2 aromatic rings. The van der Waals surface area contributed by atoms with Crippen LogP contribution in [0.4, 0.5) is 0 Å². The molecule has 3 heterocycles. The fourth-order valence-electron chi connectivity index (χ4n) is 7.41. The quantitative estimate of drug-likeness (QED) is 0.289. The summed E-state index contributed by atoms with van der Waals surface area (Å²) >= 11 is 0. The van der Waals surface area contributed by atoms with Gasteiger partial charge in [0.1, 0.15) is 17.3 Å². The molecule has 0 saturated carbocycles. The van der Waals surface area contributed by atoms with Crippen molar-refractivity contribution in [3.63, 3.8) is 0 Å². The van der Waals surface area contributed by atoms with Gasteiger partial charge in [0, 0.05) is 22.8 Å². The number of fused-ring (bicyclic) bond motifs is 7. The number of benzene rings is 1. The van der Waals surface area contributed by atoms with E-state index in [0.29, 0.717) is 0 Å². The van der Waals surface area contributed by atoms with Gasteiger partial charge in [-0.3, -0.25) is 19.2 Å². The first kappa shape index (κ1) is 26.8. The molecule has 6 atom stereocenters. The largest absolute Gasteiger partial charge is 0.511 e. The molecule has 11 heteroatoms. The Morgan fingerprint density at radius 1 is 0.857 bits per heavy atom. The summed E-state index contributed by atoms with van der Waals surface area (Å²) in [6.07, 6.45) is -2.12. The molecule has 0 amide bonds. The Hall–Kier alpha value is -4.06.